The highest BCUT2D eigenvalue weighted by Crippen LogP contribution is 2.19. The minimum absolute atomic E-state index is 0.0539. The maximum atomic E-state index is 13.1. The van der Waals surface area contributed by atoms with Crippen LogP contribution in [0.2, 0.25) is 5.02 Å². The molecule has 0 aliphatic heterocycles. The lowest BCUT2D eigenvalue weighted by molar-refractivity contribution is 0.102. The summed E-state index contributed by atoms with van der Waals surface area (Å²) in [6.07, 6.45) is 3.07. The number of hydrogen-bond donors (Lipinski definition) is 1. The molecule has 7 heteroatoms. The average molecular weight is 291 g/mol. The van der Waals surface area contributed by atoms with Gasteiger partial charge in [0.15, 0.2) is 5.65 Å². The molecule has 2 aromatic heterocycles. The molecular weight excluding hydrogens is 283 g/mol. The fraction of sp³-hybridized carbons (Fsp3) is 0. The molecule has 1 amide bonds. The summed E-state index contributed by atoms with van der Waals surface area (Å²) in [5.74, 6) is -0.924. The minimum atomic E-state index is -0.539. The van der Waals surface area contributed by atoms with Gasteiger partial charge in [0.2, 0.25) is 0 Å². The van der Waals surface area contributed by atoms with Crippen molar-refractivity contribution >= 4 is 28.8 Å². The molecule has 100 valence electrons. The Morgan fingerprint density at radius 3 is 2.90 bits per heavy atom. The van der Waals surface area contributed by atoms with Crippen molar-refractivity contribution in [1.29, 1.82) is 0 Å². The van der Waals surface area contributed by atoms with Crippen molar-refractivity contribution in [2.45, 2.75) is 0 Å². The van der Waals surface area contributed by atoms with E-state index in [4.69, 9.17) is 11.6 Å². The standard InChI is InChI=1S/C13H8ClFN4O/c14-9-7-8(1-2-10(9)15)18-13(20)11-3-5-16-12-4-6-17-19(11)12/h1-7H,(H,18,20). The van der Waals surface area contributed by atoms with Gasteiger partial charge in [-0.15, -0.1) is 0 Å². The third-order valence-electron chi connectivity index (χ3n) is 2.70. The van der Waals surface area contributed by atoms with E-state index in [1.807, 2.05) is 0 Å². The number of halogens is 2. The molecule has 20 heavy (non-hydrogen) atoms. The van der Waals surface area contributed by atoms with Gasteiger partial charge in [-0.2, -0.15) is 5.10 Å². The summed E-state index contributed by atoms with van der Waals surface area (Å²) >= 11 is 5.67. The Labute approximate surface area is 118 Å². The molecule has 1 N–H and O–H groups in total. The number of hydrogen-bond acceptors (Lipinski definition) is 3. The zero-order valence-electron chi connectivity index (χ0n) is 10.0. The second kappa shape index (κ2) is 4.90. The number of amides is 1. The lowest BCUT2D eigenvalue weighted by Gasteiger charge is -2.07. The van der Waals surface area contributed by atoms with Crippen LogP contribution >= 0.6 is 11.6 Å². The normalized spacial score (nSPS) is 10.7. The van der Waals surface area contributed by atoms with Gasteiger partial charge < -0.3 is 5.32 Å². The van der Waals surface area contributed by atoms with E-state index in [9.17, 15) is 9.18 Å². The smallest absolute Gasteiger partial charge is 0.274 e. The molecule has 0 fully saturated rings. The van der Waals surface area contributed by atoms with Gasteiger partial charge in [-0.1, -0.05) is 11.6 Å². The lowest BCUT2D eigenvalue weighted by atomic mass is 10.3. The van der Waals surface area contributed by atoms with Crippen molar-refractivity contribution in [3.63, 3.8) is 0 Å². The van der Waals surface area contributed by atoms with Gasteiger partial charge in [-0.05, 0) is 24.3 Å². The average Bonchev–Trinajstić information content (AvgIpc) is 2.91. The summed E-state index contributed by atoms with van der Waals surface area (Å²) in [6, 6.07) is 7.19. The Hall–Kier alpha value is -2.47. The van der Waals surface area contributed by atoms with Crippen LogP contribution in [0.15, 0.2) is 42.7 Å². The number of nitrogens with one attached hydrogen (secondary N) is 1. The molecule has 0 unspecified atom stereocenters. The number of carbonyl (C=O) groups is 1. The Morgan fingerprint density at radius 1 is 1.25 bits per heavy atom. The summed E-state index contributed by atoms with van der Waals surface area (Å²) < 4.78 is 14.5. The van der Waals surface area contributed by atoms with Crippen LogP contribution in [0.5, 0.6) is 0 Å². The highest BCUT2D eigenvalue weighted by molar-refractivity contribution is 6.31. The predicted octanol–water partition coefficient (Wildman–Crippen LogP) is 2.77. The first-order valence-electron chi connectivity index (χ1n) is 5.70. The molecule has 2 heterocycles. The van der Waals surface area contributed by atoms with E-state index < -0.39 is 5.82 Å². The van der Waals surface area contributed by atoms with E-state index in [-0.39, 0.29) is 10.9 Å². The molecule has 3 rings (SSSR count). The van der Waals surface area contributed by atoms with Gasteiger partial charge in [0.1, 0.15) is 11.5 Å². The second-order valence-corrected chi connectivity index (χ2v) is 4.42. The fourth-order valence-electron chi connectivity index (χ4n) is 1.78. The Balaban J connectivity index is 1.93. The first kappa shape index (κ1) is 12.6. The number of anilines is 1. The van der Waals surface area contributed by atoms with Crippen LogP contribution < -0.4 is 5.32 Å². The van der Waals surface area contributed by atoms with Crippen molar-refractivity contribution < 1.29 is 9.18 Å². The molecular formula is C13H8ClFN4O. The highest BCUT2D eigenvalue weighted by Gasteiger charge is 2.12. The zero-order valence-corrected chi connectivity index (χ0v) is 10.8. The summed E-state index contributed by atoms with van der Waals surface area (Å²) in [6.45, 7) is 0. The molecule has 3 aromatic rings. The van der Waals surface area contributed by atoms with Crippen LogP contribution in [0.1, 0.15) is 10.5 Å². The highest BCUT2D eigenvalue weighted by atomic mass is 35.5. The molecule has 0 saturated carbocycles. The van der Waals surface area contributed by atoms with E-state index in [1.165, 1.54) is 28.9 Å². The van der Waals surface area contributed by atoms with Gasteiger partial charge in [0.25, 0.3) is 5.91 Å². The Kier molecular flexibility index (Phi) is 3.08. The Morgan fingerprint density at radius 2 is 2.10 bits per heavy atom. The SMILES string of the molecule is O=C(Nc1ccc(F)c(Cl)c1)c1ccnc2ccnn12. The van der Waals surface area contributed by atoms with Crippen molar-refractivity contribution in [2.75, 3.05) is 5.32 Å². The number of nitrogens with zero attached hydrogens (tertiary/aromatic N) is 3. The summed E-state index contributed by atoms with van der Waals surface area (Å²) in [7, 11) is 0. The van der Waals surface area contributed by atoms with Crippen LogP contribution in [0.4, 0.5) is 10.1 Å². The van der Waals surface area contributed by atoms with Gasteiger partial charge in [-0.3, -0.25) is 4.79 Å². The molecule has 0 radical (unpaired) electrons. The van der Waals surface area contributed by atoms with Crippen molar-refractivity contribution in [2.24, 2.45) is 0 Å². The first-order chi connectivity index (χ1) is 9.65. The minimum Gasteiger partial charge on any atom is -0.321 e. The van der Waals surface area contributed by atoms with Crippen molar-refractivity contribution in [3.05, 3.63) is 59.3 Å². The lowest BCUT2D eigenvalue weighted by Crippen LogP contribution is -2.16. The largest absolute Gasteiger partial charge is 0.321 e. The number of aromatic nitrogens is 3. The van der Waals surface area contributed by atoms with E-state index in [2.05, 4.69) is 15.4 Å². The van der Waals surface area contributed by atoms with Crippen molar-refractivity contribution in [1.82, 2.24) is 14.6 Å². The van der Waals surface area contributed by atoms with Crippen LogP contribution in [0.25, 0.3) is 5.65 Å². The van der Waals surface area contributed by atoms with Gasteiger partial charge in [-0.25, -0.2) is 13.9 Å². The predicted molar refractivity (Wildman–Crippen MR) is 72.4 cm³/mol. The zero-order chi connectivity index (χ0) is 14.1. The topological polar surface area (TPSA) is 59.3 Å². The molecule has 1 aromatic carbocycles. The van der Waals surface area contributed by atoms with Gasteiger partial charge >= 0.3 is 0 Å². The van der Waals surface area contributed by atoms with Crippen LogP contribution in [0, 0.1) is 5.82 Å². The van der Waals surface area contributed by atoms with Crippen molar-refractivity contribution in [3.8, 4) is 0 Å². The second-order valence-electron chi connectivity index (χ2n) is 4.01. The summed E-state index contributed by atoms with van der Waals surface area (Å²) in [4.78, 5) is 16.3. The molecule has 0 saturated heterocycles. The van der Waals surface area contributed by atoms with E-state index in [0.29, 0.717) is 17.0 Å². The molecule has 0 aliphatic carbocycles. The monoisotopic (exact) mass is 290 g/mol. The number of fused-ring (bicyclic) bond motifs is 1. The summed E-state index contributed by atoms with van der Waals surface area (Å²) in [5.41, 5.74) is 1.29. The van der Waals surface area contributed by atoms with E-state index in [1.54, 1.807) is 18.3 Å². The Bertz CT molecular complexity index is 802. The molecule has 5 nitrogen and oxygen atoms in total. The maximum absolute atomic E-state index is 13.1. The molecule has 0 aliphatic rings. The summed E-state index contributed by atoms with van der Waals surface area (Å²) in [5, 5.41) is 6.60. The molecule has 0 bridgehead atoms. The third kappa shape index (κ3) is 2.21. The van der Waals surface area contributed by atoms with E-state index in [0.717, 1.165) is 0 Å². The molecule has 0 spiro atoms. The number of benzene rings is 1. The van der Waals surface area contributed by atoms with Crippen LogP contribution in [0.3, 0.4) is 0 Å². The van der Waals surface area contributed by atoms with Crippen LogP contribution in [-0.4, -0.2) is 20.5 Å². The fourth-order valence-corrected chi connectivity index (χ4v) is 1.96. The maximum Gasteiger partial charge on any atom is 0.274 e. The number of carbonyl (C=O) groups excluding carboxylic acids is 1. The van der Waals surface area contributed by atoms with Gasteiger partial charge in [0, 0.05) is 18.0 Å². The van der Waals surface area contributed by atoms with Gasteiger partial charge in [0.05, 0.1) is 11.2 Å². The molecule has 0 atom stereocenters. The quantitative estimate of drug-likeness (QED) is 0.789. The van der Waals surface area contributed by atoms with E-state index >= 15 is 0 Å². The number of rotatable bonds is 2. The first-order valence-corrected chi connectivity index (χ1v) is 6.08. The third-order valence-corrected chi connectivity index (χ3v) is 2.99. The van der Waals surface area contributed by atoms with Crippen LogP contribution in [-0.2, 0) is 0 Å².